The summed E-state index contributed by atoms with van der Waals surface area (Å²) in [6, 6.07) is 8.39. The Balaban J connectivity index is 1.29. The molecule has 6 nitrogen and oxygen atoms in total. The first kappa shape index (κ1) is 25.5. The second-order valence-corrected chi connectivity index (χ2v) is 8.74. The van der Waals surface area contributed by atoms with Crippen LogP contribution in [0.15, 0.2) is 36.4 Å². The molecule has 3 rings (SSSR count). The molecule has 33 heavy (non-hydrogen) atoms. The van der Waals surface area contributed by atoms with Gasteiger partial charge in [0.05, 0.1) is 10.0 Å². The number of carbonyl (C=O) groups is 1. The monoisotopic (exact) mass is 502 g/mol. The molecule has 10 heteroatoms. The van der Waals surface area contributed by atoms with Crippen LogP contribution in [0.2, 0.25) is 10.0 Å². The number of halogens is 4. The topological polar surface area (TPSA) is 79.8 Å². The van der Waals surface area contributed by atoms with Gasteiger partial charge in [0.1, 0.15) is 35.8 Å². The van der Waals surface area contributed by atoms with Crippen LogP contribution in [0, 0.1) is 11.6 Å². The highest BCUT2D eigenvalue weighted by atomic mass is 35.5. The van der Waals surface area contributed by atoms with E-state index in [1.807, 2.05) is 0 Å². The van der Waals surface area contributed by atoms with Gasteiger partial charge in [-0.3, -0.25) is 4.79 Å². The van der Waals surface area contributed by atoms with E-state index >= 15 is 0 Å². The summed E-state index contributed by atoms with van der Waals surface area (Å²) in [7, 11) is 0. The van der Waals surface area contributed by atoms with Crippen LogP contribution >= 0.6 is 23.2 Å². The minimum atomic E-state index is -0.754. The van der Waals surface area contributed by atoms with Gasteiger partial charge in [0, 0.05) is 30.8 Å². The Labute approximate surface area is 201 Å². The van der Waals surface area contributed by atoms with Crippen LogP contribution in [-0.4, -0.2) is 49.0 Å². The molecule has 3 N–H and O–H groups in total. The van der Waals surface area contributed by atoms with Crippen molar-refractivity contribution in [2.45, 2.75) is 43.9 Å². The third-order valence-electron chi connectivity index (χ3n) is 5.33. The summed E-state index contributed by atoms with van der Waals surface area (Å²) in [5, 5.41) is 16.3. The number of amides is 1. The summed E-state index contributed by atoms with van der Waals surface area (Å²) in [4.78, 5) is 12.1. The van der Waals surface area contributed by atoms with Gasteiger partial charge >= 0.3 is 0 Å². The first-order valence-corrected chi connectivity index (χ1v) is 11.4. The predicted octanol–water partition coefficient (Wildman–Crippen LogP) is 4.11. The fraction of sp³-hybridized carbons (Fsp3) is 0.435. The van der Waals surface area contributed by atoms with E-state index in [-0.39, 0.29) is 47.0 Å². The first-order valence-electron chi connectivity index (χ1n) is 10.7. The molecular formula is C23H26Cl2F2N2O4. The molecule has 2 aromatic carbocycles. The Bertz CT molecular complexity index is 943. The van der Waals surface area contributed by atoms with Crippen molar-refractivity contribution in [2.75, 3.05) is 19.8 Å². The standard InChI is InChI=1S/C23H26Cl2F2N2O4/c24-19-7-5-17(9-21(19)26)32-12-16(30)11-28-14-1-3-15(4-2-14)29-23(31)13-33-18-6-8-20(25)22(27)10-18/h5-10,14-16,28,30H,1-4,11-13H2,(H,29,31)/t14-,15-,16-/m0/s1. The van der Waals surface area contributed by atoms with Crippen molar-refractivity contribution in [1.82, 2.24) is 10.6 Å². The number of nitrogens with one attached hydrogen (secondary N) is 2. The molecule has 1 amide bonds. The number of hydrogen-bond donors (Lipinski definition) is 3. The molecule has 0 radical (unpaired) electrons. The number of hydrogen-bond acceptors (Lipinski definition) is 5. The molecule has 0 bridgehead atoms. The van der Waals surface area contributed by atoms with Gasteiger partial charge < -0.3 is 25.2 Å². The second-order valence-electron chi connectivity index (χ2n) is 7.93. The van der Waals surface area contributed by atoms with Crippen LogP contribution < -0.4 is 20.1 Å². The Morgan fingerprint density at radius 3 is 2.09 bits per heavy atom. The third kappa shape index (κ3) is 8.30. The van der Waals surface area contributed by atoms with Crippen LogP contribution in [0.25, 0.3) is 0 Å². The van der Waals surface area contributed by atoms with Crippen molar-refractivity contribution < 1.29 is 28.2 Å². The van der Waals surface area contributed by atoms with Crippen LogP contribution in [0.4, 0.5) is 8.78 Å². The minimum absolute atomic E-state index is 0.00541. The maximum atomic E-state index is 13.4. The van der Waals surface area contributed by atoms with E-state index in [9.17, 15) is 18.7 Å². The highest BCUT2D eigenvalue weighted by molar-refractivity contribution is 6.31. The molecule has 0 spiro atoms. The summed E-state index contributed by atoms with van der Waals surface area (Å²) in [5.74, 6) is -0.902. The Morgan fingerprint density at radius 2 is 1.52 bits per heavy atom. The lowest BCUT2D eigenvalue weighted by Gasteiger charge is -2.30. The predicted molar refractivity (Wildman–Crippen MR) is 122 cm³/mol. The largest absolute Gasteiger partial charge is 0.491 e. The fourth-order valence-electron chi connectivity index (χ4n) is 3.55. The molecule has 2 aromatic rings. The van der Waals surface area contributed by atoms with Crippen LogP contribution in [0.3, 0.4) is 0 Å². The Hall–Kier alpha value is -2.13. The zero-order valence-electron chi connectivity index (χ0n) is 17.8. The number of aliphatic hydroxyl groups excluding tert-OH is 1. The van der Waals surface area contributed by atoms with Crippen molar-refractivity contribution >= 4 is 29.1 Å². The number of carbonyl (C=O) groups excluding carboxylic acids is 1. The van der Waals surface area contributed by atoms with E-state index in [1.54, 1.807) is 6.07 Å². The average Bonchev–Trinajstić information content (AvgIpc) is 2.80. The zero-order chi connectivity index (χ0) is 23.8. The molecule has 1 fully saturated rings. The molecular weight excluding hydrogens is 477 g/mol. The third-order valence-corrected chi connectivity index (χ3v) is 5.94. The summed E-state index contributed by atoms with van der Waals surface area (Å²) in [6.07, 6.45) is 2.50. The van der Waals surface area contributed by atoms with Gasteiger partial charge in [0.25, 0.3) is 5.91 Å². The Morgan fingerprint density at radius 1 is 0.970 bits per heavy atom. The molecule has 1 aliphatic rings. The highest BCUT2D eigenvalue weighted by Crippen LogP contribution is 2.22. The maximum absolute atomic E-state index is 13.4. The van der Waals surface area contributed by atoms with Crippen LogP contribution in [-0.2, 0) is 4.79 Å². The summed E-state index contributed by atoms with van der Waals surface area (Å²) >= 11 is 11.3. The van der Waals surface area contributed by atoms with E-state index in [0.29, 0.717) is 12.3 Å². The molecule has 0 heterocycles. The first-order chi connectivity index (χ1) is 15.8. The molecule has 0 aliphatic heterocycles. The van der Waals surface area contributed by atoms with Gasteiger partial charge in [-0.15, -0.1) is 0 Å². The smallest absolute Gasteiger partial charge is 0.258 e. The maximum Gasteiger partial charge on any atom is 0.258 e. The summed E-state index contributed by atoms with van der Waals surface area (Å²) in [6.45, 7) is 0.156. The Kier molecular flexibility index (Phi) is 9.55. The summed E-state index contributed by atoms with van der Waals surface area (Å²) in [5.41, 5.74) is 0. The van der Waals surface area contributed by atoms with Gasteiger partial charge in [0.2, 0.25) is 0 Å². The highest BCUT2D eigenvalue weighted by Gasteiger charge is 2.23. The average molecular weight is 503 g/mol. The van der Waals surface area contributed by atoms with Crippen molar-refractivity contribution in [2.24, 2.45) is 0 Å². The lowest BCUT2D eigenvalue weighted by molar-refractivity contribution is -0.124. The minimum Gasteiger partial charge on any atom is -0.491 e. The van der Waals surface area contributed by atoms with E-state index < -0.39 is 17.7 Å². The van der Waals surface area contributed by atoms with Crippen molar-refractivity contribution in [3.63, 3.8) is 0 Å². The van der Waals surface area contributed by atoms with E-state index in [0.717, 1.165) is 31.7 Å². The summed E-state index contributed by atoms with van der Waals surface area (Å²) < 4.78 is 37.5. The van der Waals surface area contributed by atoms with Gasteiger partial charge in [-0.1, -0.05) is 23.2 Å². The normalized spacial score (nSPS) is 19.1. The second kappa shape index (κ2) is 12.4. The van der Waals surface area contributed by atoms with Crippen LogP contribution in [0.1, 0.15) is 25.7 Å². The van der Waals surface area contributed by atoms with Crippen LogP contribution in [0.5, 0.6) is 11.5 Å². The van der Waals surface area contributed by atoms with E-state index in [2.05, 4.69) is 10.6 Å². The fourth-order valence-corrected chi connectivity index (χ4v) is 3.78. The molecule has 1 aliphatic carbocycles. The molecule has 1 atom stereocenters. The van der Waals surface area contributed by atoms with Crippen molar-refractivity contribution in [3.05, 3.63) is 58.1 Å². The molecule has 1 saturated carbocycles. The van der Waals surface area contributed by atoms with Gasteiger partial charge in [-0.05, 0) is 49.9 Å². The number of ether oxygens (including phenoxy) is 2. The number of rotatable bonds is 10. The molecule has 0 saturated heterocycles. The zero-order valence-corrected chi connectivity index (χ0v) is 19.3. The molecule has 0 aromatic heterocycles. The van der Waals surface area contributed by atoms with E-state index in [4.69, 9.17) is 32.7 Å². The van der Waals surface area contributed by atoms with E-state index in [1.165, 1.54) is 24.3 Å². The van der Waals surface area contributed by atoms with Gasteiger partial charge in [-0.25, -0.2) is 8.78 Å². The SMILES string of the molecule is O=C(COc1ccc(Cl)c(F)c1)N[C@H]1CC[C@H](NC[C@H](O)COc2ccc(Cl)c(F)c2)CC1. The molecule has 0 unspecified atom stereocenters. The number of benzene rings is 2. The van der Waals surface area contributed by atoms with Gasteiger partial charge in [-0.2, -0.15) is 0 Å². The number of aliphatic hydroxyl groups is 1. The molecule has 180 valence electrons. The van der Waals surface area contributed by atoms with Crippen molar-refractivity contribution in [3.8, 4) is 11.5 Å². The van der Waals surface area contributed by atoms with Gasteiger partial charge in [0.15, 0.2) is 6.61 Å². The van der Waals surface area contributed by atoms with Crippen molar-refractivity contribution in [1.29, 1.82) is 0 Å². The lowest BCUT2D eigenvalue weighted by Crippen LogP contribution is -2.45. The lowest BCUT2D eigenvalue weighted by atomic mass is 9.91. The quantitative estimate of drug-likeness (QED) is 0.455.